The predicted molar refractivity (Wildman–Crippen MR) is 68.8 cm³/mol. The molecule has 1 atom stereocenters. The summed E-state index contributed by atoms with van der Waals surface area (Å²) in [7, 11) is 0. The molecular weight excluding hydrogens is 285 g/mol. The molecule has 0 bridgehead atoms. The first-order valence-corrected chi connectivity index (χ1v) is 7.05. The molecule has 1 aliphatic carbocycles. The van der Waals surface area contributed by atoms with E-state index < -0.39 is 17.9 Å². The van der Waals surface area contributed by atoms with Crippen molar-refractivity contribution in [2.24, 2.45) is 5.41 Å². The number of halogens is 3. The molecule has 1 aromatic heterocycles. The van der Waals surface area contributed by atoms with Crippen molar-refractivity contribution in [3.63, 3.8) is 0 Å². The second kappa shape index (κ2) is 5.42. The van der Waals surface area contributed by atoms with E-state index in [1.165, 1.54) is 0 Å². The highest BCUT2D eigenvalue weighted by Crippen LogP contribution is 2.41. The molecule has 1 aromatic rings. The molecule has 1 aliphatic rings. The van der Waals surface area contributed by atoms with Gasteiger partial charge in [0, 0.05) is 5.92 Å². The number of Topliss-reactive ketones (excluding diaryl/α,β-unsaturated/α-hetero) is 1. The van der Waals surface area contributed by atoms with E-state index in [-0.39, 0.29) is 17.2 Å². The third-order valence-electron chi connectivity index (χ3n) is 4.20. The van der Waals surface area contributed by atoms with Crippen LogP contribution in [0, 0.1) is 5.41 Å². The fourth-order valence-corrected chi connectivity index (χ4v) is 2.60. The lowest BCUT2D eigenvalue weighted by molar-refractivity contribution is -0.172. The molecule has 0 aliphatic heterocycles. The molecule has 0 aromatic carbocycles. The van der Waals surface area contributed by atoms with Gasteiger partial charge in [0.05, 0.1) is 0 Å². The standard InChI is InChI=1S/C14H19F3N2O2/c1-8(10(20)14(15,16)17)12-18-11(19-21-12)9-4-6-13(2,3)7-5-9/h8-9H,4-7H2,1-3H3. The van der Waals surface area contributed by atoms with Crippen LogP contribution in [0.1, 0.15) is 70.0 Å². The number of hydrogen-bond donors (Lipinski definition) is 0. The van der Waals surface area contributed by atoms with Gasteiger partial charge >= 0.3 is 6.18 Å². The third-order valence-corrected chi connectivity index (χ3v) is 4.20. The molecule has 7 heteroatoms. The lowest BCUT2D eigenvalue weighted by atomic mass is 9.73. The Morgan fingerprint density at radius 2 is 1.90 bits per heavy atom. The monoisotopic (exact) mass is 304 g/mol. The Morgan fingerprint density at radius 3 is 2.43 bits per heavy atom. The quantitative estimate of drug-likeness (QED) is 0.847. The molecule has 0 saturated heterocycles. The van der Waals surface area contributed by atoms with Crippen LogP contribution in [-0.2, 0) is 4.79 Å². The van der Waals surface area contributed by atoms with Crippen LogP contribution < -0.4 is 0 Å². The summed E-state index contributed by atoms with van der Waals surface area (Å²) in [4.78, 5) is 15.2. The first-order valence-electron chi connectivity index (χ1n) is 7.05. The molecule has 1 saturated carbocycles. The Kier molecular flexibility index (Phi) is 4.13. The van der Waals surface area contributed by atoms with Crippen LogP contribution in [0.5, 0.6) is 0 Å². The van der Waals surface area contributed by atoms with Gasteiger partial charge in [0.2, 0.25) is 11.7 Å². The zero-order valence-corrected chi connectivity index (χ0v) is 12.3. The number of ketones is 1. The number of nitrogens with zero attached hydrogens (tertiary/aromatic N) is 2. The van der Waals surface area contributed by atoms with Gasteiger partial charge in [0.15, 0.2) is 5.82 Å². The molecule has 1 fully saturated rings. The van der Waals surface area contributed by atoms with E-state index in [1.807, 2.05) is 0 Å². The maximum atomic E-state index is 12.4. The average Bonchev–Trinajstić information content (AvgIpc) is 2.85. The minimum atomic E-state index is -4.89. The fraction of sp³-hybridized carbons (Fsp3) is 0.786. The number of rotatable bonds is 3. The van der Waals surface area contributed by atoms with E-state index in [0.717, 1.165) is 32.6 Å². The minimum absolute atomic E-state index is 0.101. The smallest absolute Gasteiger partial charge is 0.339 e. The van der Waals surface area contributed by atoms with Gasteiger partial charge in [0.1, 0.15) is 5.92 Å². The van der Waals surface area contributed by atoms with Gasteiger partial charge in [-0.05, 0) is 38.0 Å². The van der Waals surface area contributed by atoms with Crippen molar-refractivity contribution in [2.75, 3.05) is 0 Å². The number of alkyl halides is 3. The molecule has 21 heavy (non-hydrogen) atoms. The van der Waals surface area contributed by atoms with Crippen molar-refractivity contribution < 1.29 is 22.5 Å². The highest BCUT2D eigenvalue weighted by Gasteiger charge is 2.44. The Morgan fingerprint density at radius 1 is 1.33 bits per heavy atom. The fourth-order valence-electron chi connectivity index (χ4n) is 2.60. The van der Waals surface area contributed by atoms with Crippen molar-refractivity contribution in [2.45, 2.75) is 64.5 Å². The number of aromatic nitrogens is 2. The number of carbonyl (C=O) groups excluding carboxylic acids is 1. The van der Waals surface area contributed by atoms with Crippen LogP contribution in [0.2, 0.25) is 0 Å². The average molecular weight is 304 g/mol. The van der Waals surface area contributed by atoms with Gasteiger partial charge in [-0.3, -0.25) is 4.79 Å². The topological polar surface area (TPSA) is 56.0 Å². The van der Waals surface area contributed by atoms with Crippen molar-refractivity contribution in [1.82, 2.24) is 10.1 Å². The van der Waals surface area contributed by atoms with Crippen molar-refractivity contribution in [3.8, 4) is 0 Å². The van der Waals surface area contributed by atoms with Gasteiger partial charge in [-0.1, -0.05) is 19.0 Å². The molecule has 1 heterocycles. The molecule has 0 N–H and O–H groups in total. The largest absolute Gasteiger partial charge is 0.450 e. The summed E-state index contributed by atoms with van der Waals surface area (Å²) >= 11 is 0. The van der Waals surface area contributed by atoms with Crippen molar-refractivity contribution in [1.29, 1.82) is 0 Å². The number of carbonyl (C=O) groups is 1. The molecule has 0 amide bonds. The summed E-state index contributed by atoms with van der Waals surface area (Å²) in [6.07, 6.45) is -1.10. The maximum absolute atomic E-state index is 12.4. The van der Waals surface area contributed by atoms with Crippen LogP contribution in [0.15, 0.2) is 4.52 Å². The van der Waals surface area contributed by atoms with E-state index >= 15 is 0 Å². The van der Waals surface area contributed by atoms with Crippen LogP contribution in [0.3, 0.4) is 0 Å². The second-order valence-electron chi connectivity index (χ2n) is 6.51. The molecule has 118 valence electrons. The predicted octanol–water partition coefficient (Wildman–Crippen LogP) is 3.99. The number of hydrogen-bond acceptors (Lipinski definition) is 4. The highest BCUT2D eigenvalue weighted by atomic mass is 19.4. The summed E-state index contributed by atoms with van der Waals surface area (Å²) in [5.74, 6) is -3.04. The maximum Gasteiger partial charge on any atom is 0.450 e. The van der Waals surface area contributed by atoms with E-state index in [9.17, 15) is 18.0 Å². The molecule has 1 unspecified atom stereocenters. The van der Waals surface area contributed by atoms with Crippen LogP contribution in [0.4, 0.5) is 13.2 Å². The summed E-state index contributed by atoms with van der Waals surface area (Å²) in [6, 6.07) is 0. The Hall–Kier alpha value is -1.40. The van der Waals surface area contributed by atoms with E-state index in [1.54, 1.807) is 0 Å². The molecular formula is C14H19F3N2O2. The normalized spacial score (nSPS) is 21.2. The molecule has 0 radical (unpaired) electrons. The zero-order valence-electron chi connectivity index (χ0n) is 12.3. The SMILES string of the molecule is CC(C(=O)C(F)(F)F)c1nc(C2CCC(C)(C)CC2)no1. The Balaban J connectivity index is 2.07. The summed E-state index contributed by atoms with van der Waals surface area (Å²) in [5.41, 5.74) is 0.280. The van der Waals surface area contributed by atoms with E-state index in [4.69, 9.17) is 4.52 Å². The van der Waals surface area contributed by atoms with Crippen molar-refractivity contribution in [3.05, 3.63) is 11.7 Å². The highest BCUT2D eigenvalue weighted by molar-refractivity contribution is 5.89. The Bertz CT molecular complexity index is 513. The molecule has 4 nitrogen and oxygen atoms in total. The van der Waals surface area contributed by atoms with E-state index in [2.05, 4.69) is 24.0 Å². The van der Waals surface area contributed by atoms with E-state index in [0.29, 0.717) is 5.82 Å². The van der Waals surface area contributed by atoms with Gasteiger partial charge in [-0.15, -0.1) is 0 Å². The summed E-state index contributed by atoms with van der Waals surface area (Å²) in [5, 5.41) is 3.77. The third kappa shape index (κ3) is 3.63. The Labute approximate surface area is 121 Å². The first-order chi connectivity index (χ1) is 9.60. The van der Waals surface area contributed by atoms with Crippen molar-refractivity contribution >= 4 is 5.78 Å². The summed E-state index contributed by atoms with van der Waals surface area (Å²) in [6.45, 7) is 5.51. The molecule has 0 spiro atoms. The first kappa shape index (κ1) is 16.0. The lowest BCUT2D eigenvalue weighted by Gasteiger charge is -2.32. The van der Waals surface area contributed by atoms with Gasteiger partial charge in [0.25, 0.3) is 0 Å². The lowest BCUT2D eigenvalue weighted by Crippen LogP contribution is -2.27. The molecule has 2 rings (SSSR count). The zero-order chi connectivity index (χ0) is 15.8. The van der Waals surface area contributed by atoms with Crippen LogP contribution in [0.25, 0.3) is 0 Å². The van der Waals surface area contributed by atoms with Gasteiger partial charge in [-0.25, -0.2) is 0 Å². The van der Waals surface area contributed by atoms with Crippen LogP contribution in [-0.4, -0.2) is 22.1 Å². The second-order valence-corrected chi connectivity index (χ2v) is 6.51. The van der Waals surface area contributed by atoms with Crippen LogP contribution >= 0.6 is 0 Å². The summed E-state index contributed by atoms with van der Waals surface area (Å²) < 4.78 is 42.0. The van der Waals surface area contributed by atoms with Gasteiger partial charge < -0.3 is 4.52 Å². The van der Waals surface area contributed by atoms with Gasteiger partial charge in [-0.2, -0.15) is 18.2 Å². The minimum Gasteiger partial charge on any atom is -0.339 e.